The molecule has 0 fully saturated rings. The summed E-state index contributed by atoms with van der Waals surface area (Å²) in [5.41, 5.74) is 0. The van der Waals surface area contributed by atoms with Crippen molar-refractivity contribution in [2.24, 2.45) is 0 Å². The predicted molar refractivity (Wildman–Crippen MR) is 50.9 cm³/mol. The van der Waals surface area contributed by atoms with Gasteiger partial charge in [0.15, 0.2) is 0 Å². The second kappa shape index (κ2) is 5.20. The molecule has 0 aliphatic carbocycles. The molecule has 7 heteroatoms. The van der Waals surface area contributed by atoms with E-state index in [-0.39, 0.29) is 0 Å². The molecule has 2 rings (SSSR count). The molecule has 0 amide bonds. The summed E-state index contributed by atoms with van der Waals surface area (Å²) >= 11 is 0. The van der Waals surface area contributed by atoms with Crippen LogP contribution in [0, 0.1) is 0 Å². The van der Waals surface area contributed by atoms with Crippen molar-refractivity contribution in [2.45, 2.75) is 13.1 Å². The Morgan fingerprint density at radius 3 is 1.80 bits per heavy atom. The summed E-state index contributed by atoms with van der Waals surface area (Å²) in [5.74, 6) is 0. The van der Waals surface area contributed by atoms with E-state index in [2.05, 4.69) is 20.6 Å². The van der Waals surface area contributed by atoms with E-state index in [1.54, 1.807) is 34.2 Å². The van der Waals surface area contributed by atoms with Crippen molar-refractivity contribution in [1.29, 1.82) is 0 Å². The Morgan fingerprint density at radius 1 is 0.867 bits per heavy atom. The second-order valence-corrected chi connectivity index (χ2v) is 2.94. The van der Waals surface area contributed by atoms with Crippen molar-refractivity contribution in [3.8, 4) is 0 Å². The van der Waals surface area contributed by atoms with Crippen molar-refractivity contribution in [3.05, 3.63) is 24.8 Å². The first-order chi connectivity index (χ1) is 7.45. The quantitative estimate of drug-likeness (QED) is 0.603. The normalized spacial score (nSPS) is 10.7. The molecule has 0 aliphatic rings. The van der Waals surface area contributed by atoms with E-state index in [0.29, 0.717) is 13.2 Å². The molecular weight excluding hydrogens is 196 g/mol. The molecule has 0 N–H and O–H groups in total. The minimum Gasteiger partial charge on any atom is -0.378 e. The Balaban J connectivity index is 1.56. The minimum absolute atomic E-state index is 0.623. The highest BCUT2D eigenvalue weighted by atomic mass is 16.5. The standard InChI is InChI=1S/C8H12N6O/c1-3-13(11-9-1)5-7-15-8-6-14-4-2-10-12-14/h1-4H,5-8H2. The molecule has 0 radical (unpaired) electrons. The number of rotatable bonds is 6. The Hall–Kier alpha value is -1.76. The van der Waals surface area contributed by atoms with Crippen molar-refractivity contribution in [2.75, 3.05) is 13.2 Å². The molecule has 0 atom stereocenters. The van der Waals surface area contributed by atoms with Crippen molar-refractivity contribution >= 4 is 0 Å². The average Bonchev–Trinajstić information content (AvgIpc) is 2.88. The number of hydrogen-bond acceptors (Lipinski definition) is 5. The Morgan fingerprint density at radius 2 is 1.40 bits per heavy atom. The maximum Gasteiger partial charge on any atom is 0.0692 e. The van der Waals surface area contributed by atoms with Crippen LogP contribution in [0.5, 0.6) is 0 Å². The number of nitrogens with zero attached hydrogens (tertiary/aromatic N) is 6. The third-order valence-corrected chi connectivity index (χ3v) is 1.87. The lowest BCUT2D eigenvalue weighted by Gasteiger charge is -2.03. The van der Waals surface area contributed by atoms with Crippen LogP contribution in [0.2, 0.25) is 0 Å². The van der Waals surface area contributed by atoms with Gasteiger partial charge in [0.2, 0.25) is 0 Å². The fourth-order valence-corrected chi connectivity index (χ4v) is 1.12. The molecule has 7 nitrogen and oxygen atoms in total. The van der Waals surface area contributed by atoms with E-state index < -0.39 is 0 Å². The van der Waals surface area contributed by atoms with Crippen LogP contribution in [0.1, 0.15) is 0 Å². The summed E-state index contributed by atoms with van der Waals surface area (Å²) in [6.45, 7) is 2.69. The summed E-state index contributed by atoms with van der Waals surface area (Å²) in [6, 6.07) is 0. The molecule has 80 valence electrons. The number of aromatic nitrogens is 6. The summed E-state index contributed by atoms with van der Waals surface area (Å²) in [4.78, 5) is 0. The Labute approximate surface area is 86.7 Å². The zero-order valence-corrected chi connectivity index (χ0v) is 8.23. The maximum absolute atomic E-state index is 5.40. The monoisotopic (exact) mass is 208 g/mol. The molecule has 0 unspecified atom stereocenters. The molecule has 0 spiro atoms. The van der Waals surface area contributed by atoms with Gasteiger partial charge in [-0.2, -0.15) is 0 Å². The summed E-state index contributed by atoms with van der Waals surface area (Å²) < 4.78 is 8.87. The molecule has 2 heterocycles. The van der Waals surface area contributed by atoms with Gasteiger partial charge in [0.05, 0.1) is 38.7 Å². The van der Waals surface area contributed by atoms with Gasteiger partial charge in [-0.05, 0) is 0 Å². The molecule has 0 saturated heterocycles. The van der Waals surface area contributed by atoms with Gasteiger partial charge in [0, 0.05) is 12.4 Å². The second-order valence-electron chi connectivity index (χ2n) is 2.94. The summed E-state index contributed by atoms with van der Waals surface area (Å²) in [5, 5.41) is 15.0. The molecule has 0 bridgehead atoms. The van der Waals surface area contributed by atoms with E-state index in [9.17, 15) is 0 Å². The lowest BCUT2D eigenvalue weighted by molar-refractivity contribution is 0.113. The molecule has 15 heavy (non-hydrogen) atoms. The highest BCUT2D eigenvalue weighted by molar-refractivity contribution is 4.64. The van der Waals surface area contributed by atoms with Gasteiger partial charge in [-0.3, -0.25) is 9.36 Å². The molecule has 0 aromatic carbocycles. The first kappa shape index (κ1) is 9.78. The predicted octanol–water partition coefficient (Wildman–Crippen LogP) is -0.414. The largest absolute Gasteiger partial charge is 0.378 e. The van der Waals surface area contributed by atoms with Crippen molar-refractivity contribution in [3.63, 3.8) is 0 Å². The number of hydrogen-bond donors (Lipinski definition) is 0. The fourth-order valence-electron chi connectivity index (χ4n) is 1.12. The van der Waals surface area contributed by atoms with Gasteiger partial charge in [-0.1, -0.05) is 10.4 Å². The van der Waals surface area contributed by atoms with Crippen LogP contribution in [0.3, 0.4) is 0 Å². The van der Waals surface area contributed by atoms with Crippen molar-refractivity contribution < 1.29 is 4.74 Å². The fraction of sp³-hybridized carbons (Fsp3) is 0.500. The van der Waals surface area contributed by atoms with E-state index in [4.69, 9.17) is 4.74 Å². The zero-order chi connectivity index (χ0) is 10.3. The third-order valence-electron chi connectivity index (χ3n) is 1.87. The summed E-state index contributed by atoms with van der Waals surface area (Å²) in [6.07, 6.45) is 6.91. The van der Waals surface area contributed by atoms with Gasteiger partial charge in [-0.15, -0.1) is 10.2 Å². The average molecular weight is 208 g/mol. The smallest absolute Gasteiger partial charge is 0.0692 e. The third kappa shape index (κ3) is 3.13. The van der Waals surface area contributed by atoms with Crippen LogP contribution in [0.25, 0.3) is 0 Å². The first-order valence-electron chi connectivity index (χ1n) is 4.71. The molecule has 0 aliphatic heterocycles. The molecule has 2 aromatic heterocycles. The van der Waals surface area contributed by atoms with E-state index in [0.717, 1.165) is 13.1 Å². The van der Waals surface area contributed by atoms with Crippen LogP contribution in [-0.2, 0) is 17.8 Å². The molecule has 2 aromatic rings. The van der Waals surface area contributed by atoms with Crippen LogP contribution < -0.4 is 0 Å². The Kier molecular flexibility index (Phi) is 3.39. The minimum atomic E-state index is 0.623. The van der Waals surface area contributed by atoms with E-state index in [1.807, 2.05) is 0 Å². The van der Waals surface area contributed by atoms with Crippen molar-refractivity contribution in [1.82, 2.24) is 30.0 Å². The lowest BCUT2D eigenvalue weighted by atomic mass is 10.6. The molecule has 0 saturated carbocycles. The molecular formula is C8H12N6O. The van der Waals surface area contributed by atoms with E-state index >= 15 is 0 Å². The topological polar surface area (TPSA) is 70.7 Å². The highest BCUT2D eigenvalue weighted by Gasteiger charge is 1.93. The van der Waals surface area contributed by atoms with Gasteiger partial charge in [0.1, 0.15) is 0 Å². The van der Waals surface area contributed by atoms with Crippen LogP contribution >= 0.6 is 0 Å². The van der Waals surface area contributed by atoms with Crippen LogP contribution in [-0.4, -0.2) is 43.2 Å². The SMILES string of the molecule is c1cn(CCOCCn2ccnn2)nn1. The van der Waals surface area contributed by atoms with Gasteiger partial charge in [-0.25, -0.2) is 0 Å². The van der Waals surface area contributed by atoms with Crippen LogP contribution in [0.15, 0.2) is 24.8 Å². The Bertz CT molecular complexity index is 320. The first-order valence-corrected chi connectivity index (χ1v) is 4.71. The van der Waals surface area contributed by atoms with Gasteiger partial charge < -0.3 is 4.74 Å². The summed E-state index contributed by atoms with van der Waals surface area (Å²) in [7, 11) is 0. The van der Waals surface area contributed by atoms with Gasteiger partial charge in [0.25, 0.3) is 0 Å². The maximum atomic E-state index is 5.40. The lowest BCUT2D eigenvalue weighted by Crippen LogP contribution is -2.11. The highest BCUT2D eigenvalue weighted by Crippen LogP contribution is 1.85. The van der Waals surface area contributed by atoms with Gasteiger partial charge >= 0.3 is 0 Å². The zero-order valence-electron chi connectivity index (χ0n) is 8.23. The number of ether oxygens (including phenoxy) is 1. The van der Waals surface area contributed by atoms with Crippen LogP contribution in [0.4, 0.5) is 0 Å². The van der Waals surface area contributed by atoms with E-state index in [1.165, 1.54) is 0 Å².